The first-order valence-corrected chi connectivity index (χ1v) is 17.2. The van der Waals surface area contributed by atoms with Crippen LogP contribution in [0.5, 0.6) is 0 Å². The van der Waals surface area contributed by atoms with Crippen LogP contribution < -0.4 is 5.32 Å². The first kappa shape index (κ1) is 33.8. The summed E-state index contributed by atoms with van der Waals surface area (Å²) in [6.07, 6.45) is 10.3. The van der Waals surface area contributed by atoms with Crippen LogP contribution in [0.3, 0.4) is 0 Å². The van der Waals surface area contributed by atoms with Crippen LogP contribution in [0.1, 0.15) is 118 Å². The number of fused-ring (bicyclic) bond motifs is 5. The van der Waals surface area contributed by atoms with Gasteiger partial charge in [-0.2, -0.15) is 0 Å². The highest BCUT2D eigenvalue weighted by Gasteiger charge is 2.70. The Morgan fingerprint density at radius 1 is 1.11 bits per heavy atom. The topological polar surface area (TPSA) is 109 Å². The Hall–Kier alpha value is -2.51. The maximum atomic E-state index is 14.3. The fourth-order valence-electron chi connectivity index (χ4n) is 10.8. The van der Waals surface area contributed by atoms with E-state index in [9.17, 15) is 19.8 Å². The Bertz CT molecular complexity index is 1340. The zero-order chi connectivity index (χ0) is 32.9. The Morgan fingerprint density at radius 2 is 1.84 bits per heavy atom. The number of carbonyl (C=O) groups is 2. The van der Waals surface area contributed by atoms with Gasteiger partial charge in [-0.1, -0.05) is 45.4 Å². The Labute approximate surface area is 270 Å². The maximum Gasteiger partial charge on any atom is 0.303 e. The largest absolute Gasteiger partial charge is 0.458 e. The number of hydrogen-bond donors (Lipinski definition) is 3. The van der Waals surface area contributed by atoms with E-state index in [2.05, 4.69) is 57.9 Å². The summed E-state index contributed by atoms with van der Waals surface area (Å²) in [5.41, 5.74) is 3.11. The second-order valence-corrected chi connectivity index (χ2v) is 15.8. The summed E-state index contributed by atoms with van der Waals surface area (Å²) >= 11 is 0. The second-order valence-electron chi connectivity index (χ2n) is 15.8. The third kappa shape index (κ3) is 5.81. The molecule has 7 nitrogen and oxygen atoms in total. The number of aromatic nitrogens is 1. The SMILES string of the molecule is CC(=O)O[C@H]1C[C@@]2(C)[C@@H](C[C@@H](O)[C@H]3[C@@]4(C)CC[C@@H](O)[C@@H](C)[C@@H]4CC[C@@]32C)/C1=C(\CCC=C(C)C)C(=O)NC(C)c1cccnc1. The van der Waals surface area contributed by atoms with Crippen molar-refractivity contribution in [2.75, 3.05) is 0 Å². The maximum absolute atomic E-state index is 14.3. The van der Waals surface area contributed by atoms with Crippen LogP contribution in [0.25, 0.3) is 0 Å². The number of nitrogens with one attached hydrogen (secondary N) is 1. The highest BCUT2D eigenvalue weighted by Crippen LogP contribution is 2.74. The van der Waals surface area contributed by atoms with Gasteiger partial charge in [0.15, 0.2) is 0 Å². The molecule has 1 heterocycles. The average molecular weight is 621 g/mol. The molecule has 0 aliphatic heterocycles. The Balaban J connectivity index is 1.60. The fraction of sp³-hybridized carbons (Fsp3) is 0.711. The predicted octanol–water partition coefficient (Wildman–Crippen LogP) is 6.85. The lowest BCUT2D eigenvalue weighted by Crippen LogP contribution is -2.65. The van der Waals surface area contributed by atoms with E-state index in [4.69, 9.17) is 4.74 Å². The first-order valence-electron chi connectivity index (χ1n) is 17.2. The van der Waals surface area contributed by atoms with E-state index in [-0.39, 0.29) is 58.0 Å². The number of ether oxygens (including phenoxy) is 1. The molecule has 0 bridgehead atoms. The minimum Gasteiger partial charge on any atom is -0.458 e. The van der Waals surface area contributed by atoms with Crippen LogP contribution in [0, 0.1) is 39.9 Å². The Morgan fingerprint density at radius 3 is 2.49 bits per heavy atom. The van der Waals surface area contributed by atoms with Crippen LogP contribution >= 0.6 is 0 Å². The molecule has 4 fully saturated rings. The summed E-state index contributed by atoms with van der Waals surface area (Å²) in [6, 6.07) is 3.58. The molecule has 45 heavy (non-hydrogen) atoms. The van der Waals surface area contributed by atoms with Gasteiger partial charge in [0.25, 0.3) is 0 Å². The lowest BCUT2D eigenvalue weighted by atomic mass is 9.36. The van der Waals surface area contributed by atoms with Crippen LogP contribution in [0.4, 0.5) is 0 Å². The number of allylic oxidation sites excluding steroid dienone is 2. The summed E-state index contributed by atoms with van der Waals surface area (Å²) in [5, 5.41) is 26.3. The molecule has 5 rings (SSSR count). The van der Waals surface area contributed by atoms with Gasteiger partial charge in [0.1, 0.15) is 6.10 Å². The molecule has 0 radical (unpaired) electrons. The van der Waals surface area contributed by atoms with Crippen molar-refractivity contribution in [1.82, 2.24) is 10.3 Å². The van der Waals surface area contributed by atoms with E-state index >= 15 is 0 Å². The Kier molecular flexibility index (Phi) is 9.47. The van der Waals surface area contributed by atoms with E-state index in [1.807, 2.05) is 19.1 Å². The van der Waals surface area contributed by atoms with E-state index in [1.165, 1.54) is 12.5 Å². The number of esters is 1. The van der Waals surface area contributed by atoms with E-state index < -0.39 is 12.2 Å². The number of aliphatic hydroxyl groups is 2. The lowest BCUT2D eigenvalue weighted by molar-refractivity contribution is -0.234. The molecule has 1 aromatic heterocycles. The van der Waals surface area contributed by atoms with Gasteiger partial charge in [-0.25, -0.2) is 0 Å². The molecule has 0 spiro atoms. The minimum atomic E-state index is -0.550. The summed E-state index contributed by atoms with van der Waals surface area (Å²) in [7, 11) is 0. The number of nitrogens with zero attached hydrogens (tertiary/aromatic N) is 1. The normalized spacial score (nSPS) is 40.7. The molecule has 1 unspecified atom stereocenters. The van der Waals surface area contributed by atoms with Crippen LogP contribution in [0.15, 0.2) is 47.3 Å². The third-order valence-corrected chi connectivity index (χ3v) is 13.1. The molecule has 7 heteroatoms. The molecule has 248 valence electrons. The average Bonchev–Trinajstić information content (AvgIpc) is 3.24. The smallest absolute Gasteiger partial charge is 0.303 e. The van der Waals surface area contributed by atoms with Crippen molar-refractivity contribution >= 4 is 11.9 Å². The molecule has 4 aliphatic carbocycles. The summed E-state index contributed by atoms with van der Waals surface area (Å²) < 4.78 is 6.14. The number of aliphatic hydroxyl groups excluding tert-OH is 2. The standard InChI is InChI=1S/C38H56N2O5/c1-22(2)11-9-13-27(35(44)40-24(4)26-12-10-18-39-21-26)33-29-19-31(43)34-36(6)16-15-30(42)23(3)28(36)14-17-37(34,7)38(29,8)20-32(33)45-25(5)41/h10-12,18,21,23-24,28-32,34,42-43H,9,13-17,19-20H2,1-8H3,(H,40,44)/b33-27-/t23-,24?,28-,29-,30+,31+,32-,34-,36-,37-,38-/m0/s1. The van der Waals surface area contributed by atoms with Crippen LogP contribution in [-0.4, -0.2) is 45.4 Å². The summed E-state index contributed by atoms with van der Waals surface area (Å²) in [5.74, 6) is 0.0371. The van der Waals surface area contributed by atoms with Gasteiger partial charge in [-0.05, 0) is 129 Å². The summed E-state index contributed by atoms with van der Waals surface area (Å²) in [4.78, 5) is 31.2. The van der Waals surface area contributed by atoms with Crippen LogP contribution in [-0.2, 0) is 14.3 Å². The molecule has 4 saturated carbocycles. The van der Waals surface area contributed by atoms with E-state index in [0.29, 0.717) is 37.2 Å². The number of amides is 1. The monoisotopic (exact) mass is 620 g/mol. The van der Waals surface area contributed by atoms with Gasteiger partial charge in [0.2, 0.25) is 5.91 Å². The molecular formula is C38H56N2O5. The highest BCUT2D eigenvalue weighted by atomic mass is 16.5. The molecule has 0 saturated heterocycles. The number of carbonyl (C=O) groups excluding carboxylic acids is 2. The predicted molar refractivity (Wildman–Crippen MR) is 176 cm³/mol. The van der Waals surface area contributed by atoms with Gasteiger partial charge in [-0.15, -0.1) is 0 Å². The second kappa shape index (κ2) is 12.6. The van der Waals surface area contributed by atoms with Crippen molar-refractivity contribution in [3.8, 4) is 0 Å². The van der Waals surface area contributed by atoms with E-state index in [1.54, 1.807) is 12.4 Å². The molecule has 0 aromatic carbocycles. The van der Waals surface area contributed by atoms with Crippen LogP contribution in [0.2, 0.25) is 0 Å². The molecule has 1 aromatic rings. The van der Waals surface area contributed by atoms with Crippen molar-refractivity contribution < 1.29 is 24.5 Å². The van der Waals surface area contributed by atoms with Gasteiger partial charge < -0.3 is 20.3 Å². The first-order chi connectivity index (χ1) is 21.1. The van der Waals surface area contributed by atoms with Gasteiger partial charge >= 0.3 is 5.97 Å². The van der Waals surface area contributed by atoms with Crippen molar-refractivity contribution in [2.24, 2.45) is 39.9 Å². The fourth-order valence-corrected chi connectivity index (χ4v) is 10.8. The zero-order valence-corrected chi connectivity index (χ0v) is 28.7. The van der Waals surface area contributed by atoms with Crippen molar-refractivity contribution in [3.05, 3.63) is 52.9 Å². The molecule has 3 N–H and O–H groups in total. The van der Waals surface area contributed by atoms with Crippen molar-refractivity contribution in [3.63, 3.8) is 0 Å². The van der Waals surface area contributed by atoms with Gasteiger partial charge in [-0.3, -0.25) is 14.6 Å². The van der Waals surface area contributed by atoms with Gasteiger partial charge in [0, 0.05) is 24.9 Å². The lowest BCUT2D eigenvalue weighted by Gasteiger charge is -2.69. The highest BCUT2D eigenvalue weighted by molar-refractivity contribution is 5.95. The number of pyridine rings is 1. The zero-order valence-electron chi connectivity index (χ0n) is 28.7. The van der Waals surface area contributed by atoms with E-state index in [0.717, 1.165) is 36.8 Å². The quantitative estimate of drug-likeness (QED) is 0.175. The number of rotatable bonds is 7. The molecule has 1 amide bonds. The van der Waals surface area contributed by atoms with Crippen molar-refractivity contribution in [2.45, 2.75) is 131 Å². The molecule has 4 aliphatic rings. The molecule has 11 atom stereocenters. The third-order valence-electron chi connectivity index (χ3n) is 13.1. The van der Waals surface area contributed by atoms with Gasteiger partial charge in [0.05, 0.1) is 18.2 Å². The molecular weight excluding hydrogens is 564 g/mol. The van der Waals surface area contributed by atoms with Crippen molar-refractivity contribution in [1.29, 1.82) is 0 Å². The minimum absolute atomic E-state index is 0.0610. The summed E-state index contributed by atoms with van der Waals surface area (Å²) in [6.45, 7) is 16.8. The number of hydrogen-bond acceptors (Lipinski definition) is 6.